The van der Waals surface area contributed by atoms with Crippen molar-refractivity contribution in [1.29, 1.82) is 0 Å². The first kappa shape index (κ1) is 23.3. The van der Waals surface area contributed by atoms with E-state index >= 15 is 0 Å². The average molecular weight is 438 g/mol. The van der Waals surface area contributed by atoms with Gasteiger partial charge in [0.2, 0.25) is 0 Å². The summed E-state index contributed by atoms with van der Waals surface area (Å²) >= 11 is 0. The lowest BCUT2D eigenvalue weighted by atomic mass is 10.0. The standard InChI is InChI=1S/C25H31N3O4/c1-25(2,3)32-24(31)26-17-18-9-11-20(12-10-18)23(30)28-15-13-21(14-16-28)27-22(29)19-7-5-4-6-8-19/h4-12,21H,13-17H2,1-3H3,(H,26,31)(H,27,29). The highest BCUT2D eigenvalue weighted by molar-refractivity contribution is 5.95. The molecule has 1 heterocycles. The van der Waals surface area contributed by atoms with E-state index in [-0.39, 0.29) is 17.9 Å². The van der Waals surface area contributed by atoms with Crippen molar-refractivity contribution in [2.45, 2.75) is 51.8 Å². The first-order valence-corrected chi connectivity index (χ1v) is 10.9. The molecular formula is C25H31N3O4. The maximum absolute atomic E-state index is 12.8. The molecule has 2 N–H and O–H groups in total. The van der Waals surface area contributed by atoms with Crippen molar-refractivity contribution in [2.24, 2.45) is 0 Å². The molecule has 1 aliphatic heterocycles. The number of carbonyl (C=O) groups excluding carboxylic acids is 3. The van der Waals surface area contributed by atoms with Gasteiger partial charge in [-0.1, -0.05) is 30.3 Å². The van der Waals surface area contributed by atoms with E-state index in [2.05, 4.69) is 10.6 Å². The van der Waals surface area contributed by atoms with Gasteiger partial charge >= 0.3 is 6.09 Å². The molecule has 0 atom stereocenters. The zero-order chi connectivity index (χ0) is 23.1. The van der Waals surface area contributed by atoms with E-state index in [0.29, 0.717) is 30.8 Å². The summed E-state index contributed by atoms with van der Waals surface area (Å²) in [5.74, 6) is -0.101. The van der Waals surface area contributed by atoms with Crippen LogP contribution < -0.4 is 10.6 Å². The normalized spacial score (nSPS) is 14.5. The van der Waals surface area contributed by atoms with Gasteiger partial charge in [-0.3, -0.25) is 9.59 Å². The van der Waals surface area contributed by atoms with E-state index in [1.54, 1.807) is 24.3 Å². The highest BCUT2D eigenvalue weighted by atomic mass is 16.6. The van der Waals surface area contributed by atoms with Crippen molar-refractivity contribution in [2.75, 3.05) is 13.1 Å². The molecule has 1 aliphatic rings. The molecule has 3 amide bonds. The molecule has 0 bridgehead atoms. The number of carbonyl (C=O) groups is 3. The summed E-state index contributed by atoms with van der Waals surface area (Å²) in [4.78, 5) is 38.7. The maximum atomic E-state index is 12.8. The molecule has 3 rings (SSSR count). The fourth-order valence-electron chi connectivity index (χ4n) is 3.52. The van der Waals surface area contributed by atoms with Crippen LogP contribution >= 0.6 is 0 Å². The van der Waals surface area contributed by atoms with Crippen LogP contribution in [0.4, 0.5) is 4.79 Å². The lowest BCUT2D eigenvalue weighted by Gasteiger charge is -2.32. The van der Waals surface area contributed by atoms with Gasteiger partial charge in [-0.2, -0.15) is 0 Å². The number of hydrogen-bond donors (Lipinski definition) is 2. The van der Waals surface area contributed by atoms with E-state index in [4.69, 9.17) is 4.74 Å². The maximum Gasteiger partial charge on any atom is 0.407 e. The Labute approximate surface area is 189 Å². The van der Waals surface area contributed by atoms with Gasteiger partial charge in [0.15, 0.2) is 0 Å². The van der Waals surface area contributed by atoms with Crippen LogP contribution in [0, 0.1) is 0 Å². The Kier molecular flexibility index (Phi) is 7.51. The van der Waals surface area contributed by atoms with Crippen LogP contribution in [0.5, 0.6) is 0 Å². The minimum absolute atomic E-state index is 0.0236. The Morgan fingerprint density at radius 3 is 2.16 bits per heavy atom. The Hall–Kier alpha value is -3.35. The lowest BCUT2D eigenvalue weighted by Crippen LogP contribution is -2.46. The van der Waals surface area contributed by atoms with Gasteiger partial charge in [0.1, 0.15) is 5.60 Å². The van der Waals surface area contributed by atoms with Crippen molar-refractivity contribution >= 4 is 17.9 Å². The summed E-state index contributed by atoms with van der Waals surface area (Å²) in [5, 5.41) is 5.77. The molecule has 0 spiro atoms. The zero-order valence-electron chi connectivity index (χ0n) is 18.9. The second kappa shape index (κ2) is 10.3. The number of nitrogens with one attached hydrogen (secondary N) is 2. The molecule has 32 heavy (non-hydrogen) atoms. The van der Waals surface area contributed by atoms with E-state index < -0.39 is 11.7 Å². The summed E-state index contributed by atoms with van der Waals surface area (Å²) in [6.45, 7) is 6.96. The molecule has 1 fully saturated rings. The van der Waals surface area contributed by atoms with Gasteiger partial charge in [-0.15, -0.1) is 0 Å². The van der Waals surface area contributed by atoms with Gasteiger partial charge < -0.3 is 20.3 Å². The molecule has 1 saturated heterocycles. The van der Waals surface area contributed by atoms with E-state index in [1.165, 1.54) is 0 Å². The number of rotatable bonds is 5. The Balaban J connectivity index is 1.45. The number of nitrogens with zero attached hydrogens (tertiary/aromatic N) is 1. The van der Waals surface area contributed by atoms with Gasteiger partial charge in [0.25, 0.3) is 11.8 Å². The quantitative estimate of drug-likeness (QED) is 0.746. The average Bonchev–Trinajstić information content (AvgIpc) is 2.77. The predicted molar refractivity (Wildman–Crippen MR) is 122 cm³/mol. The van der Waals surface area contributed by atoms with E-state index in [9.17, 15) is 14.4 Å². The highest BCUT2D eigenvalue weighted by Crippen LogP contribution is 2.16. The fraction of sp³-hybridized carbons (Fsp3) is 0.400. The second-order valence-electron chi connectivity index (χ2n) is 8.96. The minimum atomic E-state index is -0.543. The number of alkyl carbamates (subject to hydrolysis) is 1. The molecule has 170 valence electrons. The van der Waals surface area contributed by atoms with Crippen LogP contribution in [0.2, 0.25) is 0 Å². The zero-order valence-corrected chi connectivity index (χ0v) is 18.9. The SMILES string of the molecule is CC(C)(C)OC(=O)NCc1ccc(C(=O)N2CCC(NC(=O)c3ccccc3)CC2)cc1. The molecule has 0 saturated carbocycles. The summed E-state index contributed by atoms with van der Waals surface area (Å²) < 4.78 is 5.22. The Morgan fingerprint density at radius 1 is 0.938 bits per heavy atom. The molecule has 2 aromatic rings. The molecule has 0 aliphatic carbocycles. The summed E-state index contributed by atoms with van der Waals surface area (Å²) in [6.07, 6.45) is 0.976. The molecular weight excluding hydrogens is 406 g/mol. The van der Waals surface area contributed by atoms with Crippen LogP contribution in [-0.2, 0) is 11.3 Å². The number of likely N-dealkylation sites (tertiary alicyclic amines) is 1. The number of amides is 3. The molecule has 0 unspecified atom stereocenters. The lowest BCUT2D eigenvalue weighted by molar-refractivity contribution is 0.0522. The van der Waals surface area contributed by atoms with Crippen LogP contribution in [0.25, 0.3) is 0 Å². The van der Waals surface area contributed by atoms with Crippen molar-refractivity contribution in [3.63, 3.8) is 0 Å². The third kappa shape index (κ3) is 6.83. The summed E-state index contributed by atoms with van der Waals surface area (Å²) in [5.41, 5.74) is 1.60. The molecule has 2 aromatic carbocycles. The van der Waals surface area contributed by atoms with Crippen LogP contribution in [0.1, 0.15) is 59.9 Å². The molecule has 7 nitrogen and oxygen atoms in total. The monoisotopic (exact) mass is 437 g/mol. The first-order valence-electron chi connectivity index (χ1n) is 10.9. The topological polar surface area (TPSA) is 87.7 Å². The third-order valence-electron chi connectivity index (χ3n) is 5.19. The Morgan fingerprint density at radius 2 is 1.56 bits per heavy atom. The predicted octanol–water partition coefficient (Wildman–Crippen LogP) is 3.75. The summed E-state index contributed by atoms with van der Waals surface area (Å²) in [6, 6.07) is 16.4. The summed E-state index contributed by atoms with van der Waals surface area (Å²) in [7, 11) is 0. The van der Waals surface area contributed by atoms with Crippen LogP contribution in [-0.4, -0.2) is 47.5 Å². The van der Waals surface area contributed by atoms with E-state index in [1.807, 2.05) is 56.0 Å². The minimum Gasteiger partial charge on any atom is -0.444 e. The number of benzene rings is 2. The second-order valence-corrected chi connectivity index (χ2v) is 8.96. The molecule has 0 aromatic heterocycles. The third-order valence-corrected chi connectivity index (χ3v) is 5.19. The van der Waals surface area contributed by atoms with Gasteiger partial charge in [-0.05, 0) is 63.4 Å². The van der Waals surface area contributed by atoms with E-state index in [0.717, 1.165) is 18.4 Å². The number of piperidine rings is 1. The molecule has 7 heteroatoms. The van der Waals surface area contributed by atoms with Crippen LogP contribution in [0.3, 0.4) is 0 Å². The first-order chi connectivity index (χ1) is 15.2. The highest BCUT2D eigenvalue weighted by Gasteiger charge is 2.25. The van der Waals surface area contributed by atoms with Gasteiger partial charge in [-0.25, -0.2) is 4.79 Å². The number of hydrogen-bond acceptors (Lipinski definition) is 4. The van der Waals surface area contributed by atoms with Crippen molar-refractivity contribution in [1.82, 2.24) is 15.5 Å². The fourth-order valence-corrected chi connectivity index (χ4v) is 3.52. The van der Waals surface area contributed by atoms with Crippen molar-refractivity contribution < 1.29 is 19.1 Å². The van der Waals surface area contributed by atoms with Gasteiger partial charge in [0.05, 0.1) is 0 Å². The number of ether oxygens (including phenoxy) is 1. The van der Waals surface area contributed by atoms with Gasteiger partial charge in [0, 0.05) is 36.8 Å². The van der Waals surface area contributed by atoms with Crippen molar-refractivity contribution in [3.8, 4) is 0 Å². The largest absolute Gasteiger partial charge is 0.444 e. The van der Waals surface area contributed by atoms with Crippen molar-refractivity contribution in [3.05, 3.63) is 71.3 Å². The van der Waals surface area contributed by atoms with Crippen LogP contribution in [0.15, 0.2) is 54.6 Å². The Bertz CT molecular complexity index is 928. The smallest absolute Gasteiger partial charge is 0.407 e. The molecule has 0 radical (unpaired) electrons.